The Hall–Kier alpha value is -0.630. The summed E-state index contributed by atoms with van der Waals surface area (Å²) < 4.78 is 0. The molecular formula is C12H21NS. The van der Waals surface area contributed by atoms with Crippen LogP contribution in [0.3, 0.4) is 0 Å². The monoisotopic (exact) mass is 211 g/mol. The molecule has 1 nitrogen and oxygen atoms in total. The molecule has 0 heterocycles. The van der Waals surface area contributed by atoms with Crippen LogP contribution in [0.5, 0.6) is 0 Å². The van der Waals surface area contributed by atoms with Gasteiger partial charge in [0, 0.05) is 5.69 Å². The Morgan fingerprint density at radius 3 is 1.79 bits per heavy atom. The Morgan fingerprint density at radius 1 is 1.00 bits per heavy atom. The first-order chi connectivity index (χ1) is 6.81. The van der Waals surface area contributed by atoms with Gasteiger partial charge < -0.3 is 5.73 Å². The van der Waals surface area contributed by atoms with Crippen LogP contribution < -0.4 is 5.73 Å². The van der Waals surface area contributed by atoms with E-state index in [2.05, 4.69) is 25.6 Å². The van der Waals surface area contributed by atoms with E-state index >= 15 is 0 Å². The van der Waals surface area contributed by atoms with E-state index in [4.69, 9.17) is 5.73 Å². The van der Waals surface area contributed by atoms with Crippen LogP contribution in [0.1, 0.15) is 26.7 Å². The number of benzene rings is 1. The van der Waals surface area contributed by atoms with Gasteiger partial charge in [-0.05, 0) is 36.5 Å². The number of thioether (sulfide) groups is 1. The number of nitrogen functional groups attached to an aromatic ring is 1. The van der Waals surface area contributed by atoms with Gasteiger partial charge in [0.1, 0.15) is 0 Å². The molecule has 1 rings (SSSR count). The lowest BCUT2D eigenvalue weighted by molar-refractivity contribution is 1.07. The van der Waals surface area contributed by atoms with Gasteiger partial charge in [-0.2, -0.15) is 11.8 Å². The van der Waals surface area contributed by atoms with Gasteiger partial charge in [0.05, 0.1) is 0 Å². The molecule has 0 spiro atoms. The minimum Gasteiger partial charge on any atom is -0.399 e. The molecule has 0 aromatic heterocycles. The number of anilines is 1. The summed E-state index contributed by atoms with van der Waals surface area (Å²) >= 11 is 2.05. The largest absolute Gasteiger partial charge is 0.399 e. The predicted molar refractivity (Wildman–Crippen MR) is 68.8 cm³/mol. The highest BCUT2D eigenvalue weighted by Crippen LogP contribution is 2.02. The van der Waals surface area contributed by atoms with E-state index in [9.17, 15) is 0 Å². The van der Waals surface area contributed by atoms with E-state index in [0.717, 1.165) is 5.69 Å². The van der Waals surface area contributed by atoms with Crippen molar-refractivity contribution < 1.29 is 0 Å². The maximum Gasteiger partial charge on any atom is 0.0313 e. The Bertz CT molecular complexity index is 195. The van der Waals surface area contributed by atoms with Crippen molar-refractivity contribution in [1.82, 2.24) is 0 Å². The van der Waals surface area contributed by atoms with Crippen LogP contribution in [-0.2, 0) is 0 Å². The molecule has 0 atom stereocenters. The maximum atomic E-state index is 5.36. The predicted octanol–water partition coefficient (Wildman–Crippen LogP) is 3.81. The number of hydrogen-bond acceptors (Lipinski definition) is 2. The van der Waals surface area contributed by atoms with Crippen molar-refractivity contribution in [1.29, 1.82) is 0 Å². The highest BCUT2D eigenvalue weighted by Gasteiger charge is 1.79. The lowest BCUT2D eigenvalue weighted by Gasteiger charge is -1.91. The number of hydrogen-bond donors (Lipinski definition) is 1. The lowest BCUT2D eigenvalue weighted by Crippen LogP contribution is -1.79. The van der Waals surface area contributed by atoms with Gasteiger partial charge in [0.25, 0.3) is 0 Å². The molecule has 0 fully saturated rings. The van der Waals surface area contributed by atoms with E-state index in [1.807, 2.05) is 30.3 Å². The summed E-state index contributed by atoms with van der Waals surface area (Å²) in [6.07, 6.45) is 2.65. The Morgan fingerprint density at radius 2 is 1.50 bits per heavy atom. The molecule has 0 radical (unpaired) electrons. The zero-order chi connectivity index (χ0) is 10.6. The van der Waals surface area contributed by atoms with Crippen molar-refractivity contribution in [2.24, 2.45) is 0 Å². The first kappa shape index (κ1) is 13.4. The summed E-state index contributed by atoms with van der Waals surface area (Å²) in [5.74, 6) is 2.68. The highest BCUT2D eigenvalue weighted by molar-refractivity contribution is 7.99. The van der Waals surface area contributed by atoms with Crippen LogP contribution >= 0.6 is 11.8 Å². The molecule has 0 unspecified atom stereocenters. The minimum atomic E-state index is 0.822. The average Bonchev–Trinajstić information content (AvgIpc) is 2.21. The second-order valence-electron chi connectivity index (χ2n) is 3.02. The SMILES string of the molecule is CCCSCCC.Nc1ccccc1. The number of rotatable bonds is 4. The zero-order valence-electron chi connectivity index (χ0n) is 9.20. The molecule has 1 aromatic carbocycles. The van der Waals surface area contributed by atoms with Crippen molar-refractivity contribution in [3.05, 3.63) is 30.3 Å². The van der Waals surface area contributed by atoms with Crippen molar-refractivity contribution in [3.8, 4) is 0 Å². The van der Waals surface area contributed by atoms with Gasteiger partial charge in [-0.15, -0.1) is 0 Å². The molecule has 0 aliphatic carbocycles. The molecule has 0 aliphatic rings. The third-order valence-electron chi connectivity index (χ3n) is 1.50. The Labute approximate surface area is 92.1 Å². The molecule has 2 heteroatoms. The van der Waals surface area contributed by atoms with Gasteiger partial charge >= 0.3 is 0 Å². The molecule has 0 saturated heterocycles. The zero-order valence-corrected chi connectivity index (χ0v) is 10.0. The Kier molecular flexibility index (Phi) is 9.98. The molecule has 0 amide bonds. The molecule has 0 bridgehead atoms. The standard InChI is InChI=1S/C6H7N.C6H14S/c7-6-4-2-1-3-5-6;1-3-5-7-6-4-2/h1-5H,7H2;3-6H2,1-2H3. The molecule has 14 heavy (non-hydrogen) atoms. The summed E-state index contributed by atoms with van der Waals surface area (Å²) in [4.78, 5) is 0. The third-order valence-corrected chi connectivity index (χ3v) is 2.89. The summed E-state index contributed by atoms with van der Waals surface area (Å²) in [6.45, 7) is 4.45. The summed E-state index contributed by atoms with van der Waals surface area (Å²) in [6, 6.07) is 9.49. The van der Waals surface area contributed by atoms with Crippen molar-refractivity contribution in [3.63, 3.8) is 0 Å². The smallest absolute Gasteiger partial charge is 0.0313 e. The van der Waals surface area contributed by atoms with Crippen LogP contribution in [0.25, 0.3) is 0 Å². The fourth-order valence-corrected chi connectivity index (χ4v) is 1.63. The quantitative estimate of drug-likeness (QED) is 0.605. The normalized spacial score (nSPS) is 9.00. The van der Waals surface area contributed by atoms with Gasteiger partial charge in [-0.1, -0.05) is 32.0 Å². The number of para-hydroxylation sites is 1. The Balaban J connectivity index is 0.000000241. The van der Waals surface area contributed by atoms with E-state index < -0.39 is 0 Å². The van der Waals surface area contributed by atoms with E-state index in [1.165, 1.54) is 24.3 Å². The first-order valence-electron chi connectivity index (χ1n) is 5.19. The molecule has 0 aliphatic heterocycles. The van der Waals surface area contributed by atoms with Crippen LogP contribution in [-0.4, -0.2) is 11.5 Å². The van der Waals surface area contributed by atoms with E-state index in [-0.39, 0.29) is 0 Å². The second-order valence-corrected chi connectivity index (χ2v) is 4.25. The highest BCUT2D eigenvalue weighted by atomic mass is 32.2. The first-order valence-corrected chi connectivity index (χ1v) is 6.35. The van der Waals surface area contributed by atoms with Gasteiger partial charge in [0.15, 0.2) is 0 Å². The summed E-state index contributed by atoms with van der Waals surface area (Å²) in [7, 11) is 0. The van der Waals surface area contributed by atoms with Crippen molar-refractivity contribution >= 4 is 17.4 Å². The van der Waals surface area contributed by atoms with Crippen LogP contribution in [0.4, 0.5) is 5.69 Å². The lowest BCUT2D eigenvalue weighted by atomic mass is 10.3. The average molecular weight is 211 g/mol. The molecule has 0 saturated carbocycles. The third kappa shape index (κ3) is 9.46. The minimum absolute atomic E-state index is 0.822. The van der Waals surface area contributed by atoms with Crippen LogP contribution in [0.15, 0.2) is 30.3 Å². The summed E-state index contributed by atoms with van der Waals surface area (Å²) in [5, 5.41) is 0. The van der Waals surface area contributed by atoms with E-state index in [1.54, 1.807) is 0 Å². The second kappa shape index (κ2) is 10.5. The van der Waals surface area contributed by atoms with E-state index in [0.29, 0.717) is 0 Å². The maximum absolute atomic E-state index is 5.36. The fraction of sp³-hybridized carbons (Fsp3) is 0.500. The van der Waals surface area contributed by atoms with Gasteiger partial charge in [-0.25, -0.2) is 0 Å². The molecule has 80 valence electrons. The van der Waals surface area contributed by atoms with Crippen LogP contribution in [0.2, 0.25) is 0 Å². The van der Waals surface area contributed by atoms with Crippen molar-refractivity contribution in [2.75, 3.05) is 17.2 Å². The number of nitrogens with two attached hydrogens (primary N) is 1. The summed E-state index contributed by atoms with van der Waals surface area (Å²) in [5.41, 5.74) is 6.18. The fourth-order valence-electron chi connectivity index (χ4n) is 0.844. The molecule has 2 N–H and O–H groups in total. The van der Waals surface area contributed by atoms with Gasteiger partial charge in [-0.3, -0.25) is 0 Å². The van der Waals surface area contributed by atoms with Gasteiger partial charge in [0.2, 0.25) is 0 Å². The van der Waals surface area contributed by atoms with Crippen molar-refractivity contribution in [2.45, 2.75) is 26.7 Å². The van der Waals surface area contributed by atoms with Crippen LogP contribution in [0, 0.1) is 0 Å². The topological polar surface area (TPSA) is 26.0 Å². The molecular weight excluding hydrogens is 190 g/mol. The molecule has 1 aromatic rings.